The molecule has 0 saturated heterocycles. The van der Waals surface area contributed by atoms with Gasteiger partial charge in [0.05, 0.1) is 10.6 Å². The van der Waals surface area contributed by atoms with Crippen LogP contribution in [0.5, 0.6) is 11.5 Å². The van der Waals surface area contributed by atoms with Crippen LogP contribution in [0.2, 0.25) is 0 Å². The Morgan fingerprint density at radius 1 is 1.04 bits per heavy atom. The molecule has 2 N–H and O–H groups in total. The van der Waals surface area contributed by atoms with Crippen molar-refractivity contribution in [1.29, 1.82) is 0 Å². The van der Waals surface area contributed by atoms with Gasteiger partial charge in [-0.25, -0.2) is 0 Å². The smallest absolute Gasteiger partial charge is 0.265 e. The zero-order valence-electron chi connectivity index (χ0n) is 13.8. The van der Waals surface area contributed by atoms with E-state index in [0.29, 0.717) is 40.8 Å². The number of benzene rings is 2. The van der Waals surface area contributed by atoms with Crippen LogP contribution in [0.1, 0.15) is 26.9 Å². The molecule has 0 spiro atoms. The summed E-state index contributed by atoms with van der Waals surface area (Å²) < 4.78 is 11.3. The van der Waals surface area contributed by atoms with E-state index >= 15 is 0 Å². The molecule has 0 aliphatic carbocycles. The van der Waals surface area contributed by atoms with Crippen LogP contribution in [0.4, 0.5) is 5.69 Å². The topological polar surface area (TPSA) is 67.8 Å². The van der Waals surface area contributed by atoms with Gasteiger partial charge in [-0.15, -0.1) is 11.3 Å². The highest BCUT2D eigenvalue weighted by molar-refractivity contribution is 7.12. The maximum Gasteiger partial charge on any atom is 0.265 e. The number of hydrogen-bond acceptors (Lipinski definition) is 5. The molecule has 4 rings (SSSR count). The first-order chi connectivity index (χ1) is 12.7. The number of amides is 1. The first-order valence-electron chi connectivity index (χ1n) is 8.24. The normalized spacial score (nSPS) is 13.9. The Balaban J connectivity index is 1.74. The van der Waals surface area contributed by atoms with Gasteiger partial charge in [-0.3, -0.25) is 4.79 Å². The van der Waals surface area contributed by atoms with Crippen molar-refractivity contribution in [3.05, 3.63) is 76.0 Å². The van der Waals surface area contributed by atoms with E-state index in [1.165, 1.54) is 11.3 Å². The molecule has 1 aromatic heterocycles. The molecule has 0 fully saturated rings. The van der Waals surface area contributed by atoms with Crippen LogP contribution in [0.25, 0.3) is 0 Å². The monoisotopic (exact) mass is 367 g/mol. The molecule has 0 saturated carbocycles. The SMILES string of the molecule is O=C(Nc1cc2c(cc1[C@H](O)c1ccccc1)OCCO2)c1cccs1. The summed E-state index contributed by atoms with van der Waals surface area (Å²) in [6.45, 7) is 0.903. The van der Waals surface area contributed by atoms with Crippen molar-refractivity contribution in [1.82, 2.24) is 0 Å². The number of ether oxygens (including phenoxy) is 2. The summed E-state index contributed by atoms with van der Waals surface area (Å²) >= 11 is 1.36. The average molecular weight is 367 g/mol. The molecule has 132 valence electrons. The number of nitrogens with one attached hydrogen (secondary N) is 1. The third kappa shape index (κ3) is 3.29. The fraction of sp³-hybridized carbons (Fsp3) is 0.150. The average Bonchev–Trinajstić information content (AvgIpc) is 3.22. The van der Waals surface area contributed by atoms with Gasteiger partial charge in [-0.2, -0.15) is 0 Å². The van der Waals surface area contributed by atoms with Crippen LogP contribution in [-0.4, -0.2) is 24.2 Å². The minimum atomic E-state index is -0.898. The van der Waals surface area contributed by atoms with E-state index in [4.69, 9.17) is 9.47 Å². The zero-order chi connectivity index (χ0) is 17.9. The van der Waals surface area contributed by atoms with Crippen LogP contribution in [0.15, 0.2) is 60.0 Å². The molecule has 2 heterocycles. The van der Waals surface area contributed by atoms with E-state index in [0.717, 1.165) is 5.56 Å². The number of aliphatic hydroxyl groups is 1. The fourth-order valence-corrected chi connectivity index (χ4v) is 3.46. The van der Waals surface area contributed by atoms with Crippen molar-refractivity contribution < 1.29 is 19.4 Å². The third-order valence-electron chi connectivity index (χ3n) is 4.12. The van der Waals surface area contributed by atoms with Crippen LogP contribution >= 0.6 is 11.3 Å². The van der Waals surface area contributed by atoms with Gasteiger partial charge in [0.1, 0.15) is 19.3 Å². The lowest BCUT2D eigenvalue weighted by atomic mass is 9.99. The summed E-state index contributed by atoms with van der Waals surface area (Å²) in [7, 11) is 0. The van der Waals surface area contributed by atoms with Crippen molar-refractivity contribution in [3.63, 3.8) is 0 Å². The molecule has 0 unspecified atom stereocenters. The van der Waals surface area contributed by atoms with E-state index in [1.807, 2.05) is 41.8 Å². The Morgan fingerprint density at radius 2 is 1.77 bits per heavy atom. The molecule has 26 heavy (non-hydrogen) atoms. The summed E-state index contributed by atoms with van der Waals surface area (Å²) in [5, 5.41) is 15.6. The quantitative estimate of drug-likeness (QED) is 0.735. The molecule has 1 aliphatic heterocycles. The van der Waals surface area contributed by atoms with E-state index in [2.05, 4.69) is 5.32 Å². The lowest BCUT2D eigenvalue weighted by molar-refractivity contribution is 0.103. The Bertz CT molecular complexity index is 909. The van der Waals surface area contributed by atoms with Crippen LogP contribution in [0.3, 0.4) is 0 Å². The van der Waals surface area contributed by atoms with Crippen molar-refractivity contribution in [3.8, 4) is 11.5 Å². The summed E-state index contributed by atoms with van der Waals surface area (Å²) in [6.07, 6.45) is -0.898. The Morgan fingerprint density at radius 3 is 2.46 bits per heavy atom. The van der Waals surface area contributed by atoms with Crippen LogP contribution in [0, 0.1) is 0 Å². The molecular formula is C20H17NO4S. The number of carbonyl (C=O) groups excluding carboxylic acids is 1. The van der Waals surface area contributed by atoms with Gasteiger partial charge >= 0.3 is 0 Å². The summed E-state index contributed by atoms with van der Waals surface area (Å²) in [5.74, 6) is 0.898. The van der Waals surface area contributed by atoms with Crippen molar-refractivity contribution in [2.75, 3.05) is 18.5 Å². The molecule has 0 radical (unpaired) electrons. The minimum Gasteiger partial charge on any atom is -0.486 e. The maximum atomic E-state index is 12.5. The van der Waals surface area contributed by atoms with E-state index in [9.17, 15) is 9.90 Å². The molecule has 3 aromatic rings. The van der Waals surface area contributed by atoms with Gasteiger partial charge in [-0.05, 0) is 23.1 Å². The number of fused-ring (bicyclic) bond motifs is 1. The summed E-state index contributed by atoms with van der Waals surface area (Å²) in [4.78, 5) is 13.1. The number of aliphatic hydroxyl groups excluding tert-OH is 1. The van der Waals surface area contributed by atoms with Gasteiger partial charge in [0.2, 0.25) is 0 Å². The second-order valence-corrected chi connectivity index (χ2v) is 6.78. The Labute approximate surface area is 154 Å². The van der Waals surface area contributed by atoms with Crippen LogP contribution < -0.4 is 14.8 Å². The first kappa shape index (κ1) is 16.6. The lowest BCUT2D eigenvalue weighted by Crippen LogP contribution is -2.18. The first-order valence-corrected chi connectivity index (χ1v) is 9.12. The third-order valence-corrected chi connectivity index (χ3v) is 4.99. The molecule has 1 amide bonds. The second-order valence-electron chi connectivity index (χ2n) is 5.83. The summed E-state index contributed by atoms with van der Waals surface area (Å²) in [6, 6.07) is 16.3. The number of anilines is 1. The van der Waals surface area contributed by atoms with E-state index < -0.39 is 6.10 Å². The number of rotatable bonds is 4. The van der Waals surface area contributed by atoms with Crippen LogP contribution in [-0.2, 0) is 0 Å². The van der Waals surface area contributed by atoms with Gasteiger partial charge in [0.15, 0.2) is 11.5 Å². The standard InChI is InChI=1S/C20H17NO4S/c22-19(13-5-2-1-3-6-13)14-11-16-17(25-9-8-24-16)12-15(14)21-20(23)18-7-4-10-26-18/h1-7,10-12,19,22H,8-9H2,(H,21,23)/t19-/m1/s1. The fourth-order valence-electron chi connectivity index (χ4n) is 2.85. The van der Waals surface area contributed by atoms with E-state index in [-0.39, 0.29) is 5.91 Å². The lowest BCUT2D eigenvalue weighted by Gasteiger charge is -2.23. The molecule has 1 atom stereocenters. The predicted octanol–water partition coefficient (Wildman–Crippen LogP) is 3.85. The van der Waals surface area contributed by atoms with Crippen molar-refractivity contribution in [2.45, 2.75) is 6.10 Å². The van der Waals surface area contributed by atoms with Gasteiger partial charge < -0.3 is 19.9 Å². The van der Waals surface area contributed by atoms with Crippen molar-refractivity contribution in [2.24, 2.45) is 0 Å². The van der Waals surface area contributed by atoms with Gasteiger partial charge in [0, 0.05) is 11.6 Å². The molecule has 6 heteroatoms. The number of thiophene rings is 1. The second kappa shape index (κ2) is 7.19. The molecule has 0 bridgehead atoms. The Hall–Kier alpha value is -2.83. The highest BCUT2D eigenvalue weighted by Gasteiger charge is 2.22. The molecule has 5 nitrogen and oxygen atoms in total. The minimum absolute atomic E-state index is 0.224. The van der Waals surface area contributed by atoms with Crippen molar-refractivity contribution >= 4 is 22.9 Å². The summed E-state index contributed by atoms with van der Waals surface area (Å²) in [5.41, 5.74) is 1.80. The molecular weight excluding hydrogens is 350 g/mol. The number of hydrogen-bond donors (Lipinski definition) is 2. The zero-order valence-corrected chi connectivity index (χ0v) is 14.7. The van der Waals surface area contributed by atoms with Gasteiger partial charge in [0.25, 0.3) is 5.91 Å². The Kier molecular flexibility index (Phi) is 4.60. The van der Waals surface area contributed by atoms with E-state index in [1.54, 1.807) is 18.2 Å². The van der Waals surface area contributed by atoms with Gasteiger partial charge in [-0.1, -0.05) is 36.4 Å². The molecule has 2 aromatic carbocycles. The number of carbonyl (C=O) groups is 1. The highest BCUT2D eigenvalue weighted by atomic mass is 32.1. The molecule has 1 aliphatic rings. The highest BCUT2D eigenvalue weighted by Crippen LogP contribution is 2.40. The maximum absolute atomic E-state index is 12.5. The predicted molar refractivity (Wildman–Crippen MR) is 100 cm³/mol. The largest absolute Gasteiger partial charge is 0.486 e.